The quantitative estimate of drug-likeness (QED) is 0.242. The van der Waals surface area contributed by atoms with Crippen LogP contribution in [0.4, 0.5) is 5.69 Å². The highest BCUT2D eigenvalue weighted by Gasteiger charge is 2.16. The standard InChI is InChI=1S/C21H16N4O/c26-24(16-17-9-3-1-4-10-17)19-13-7-8-14-20(19)25-21(15-22-23-25)18-11-5-2-6-12-18/h1-16H/b24-16+. The summed E-state index contributed by atoms with van der Waals surface area (Å²) in [5, 5.41) is 21.0. The van der Waals surface area contributed by atoms with Gasteiger partial charge in [0, 0.05) is 17.2 Å². The molecule has 0 aliphatic rings. The highest BCUT2D eigenvalue weighted by Crippen LogP contribution is 2.27. The first-order valence-electron chi connectivity index (χ1n) is 8.25. The molecule has 0 saturated carbocycles. The fourth-order valence-electron chi connectivity index (χ4n) is 2.79. The average Bonchev–Trinajstić information content (AvgIpc) is 3.19. The predicted octanol–water partition coefficient (Wildman–Crippen LogP) is 4.20. The lowest BCUT2D eigenvalue weighted by molar-refractivity contribution is -0.354. The smallest absolute Gasteiger partial charge is 0.242 e. The van der Waals surface area contributed by atoms with Crippen LogP contribution < -0.4 is 0 Å². The Labute approximate surface area is 151 Å². The lowest BCUT2D eigenvalue weighted by Gasteiger charge is -2.11. The molecule has 3 aromatic carbocycles. The van der Waals surface area contributed by atoms with Crippen LogP contribution in [0.5, 0.6) is 0 Å². The topological polar surface area (TPSA) is 56.8 Å². The lowest BCUT2D eigenvalue weighted by atomic mass is 10.1. The Morgan fingerprint density at radius 1 is 0.808 bits per heavy atom. The van der Waals surface area contributed by atoms with Crippen molar-refractivity contribution in [3.05, 3.63) is 102 Å². The summed E-state index contributed by atoms with van der Waals surface area (Å²) in [5.74, 6) is 0. The van der Waals surface area contributed by atoms with Crippen molar-refractivity contribution in [1.29, 1.82) is 0 Å². The van der Waals surface area contributed by atoms with Gasteiger partial charge in [-0.2, -0.15) is 4.74 Å². The second-order valence-corrected chi connectivity index (χ2v) is 5.75. The van der Waals surface area contributed by atoms with Crippen LogP contribution >= 0.6 is 0 Å². The minimum Gasteiger partial charge on any atom is -0.618 e. The van der Waals surface area contributed by atoms with Gasteiger partial charge >= 0.3 is 0 Å². The molecule has 4 rings (SSSR count). The molecule has 0 saturated heterocycles. The van der Waals surface area contributed by atoms with E-state index < -0.39 is 0 Å². The van der Waals surface area contributed by atoms with Crippen LogP contribution in [0.3, 0.4) is 0 Å². The fourth-order valence-corrected chi connectivity index (χ4v) is 2.79. The van der Waals surface area contributed by atoms with E-state index in [0.717, 1.165) is 21.6 Å². The molecule has 4 aromatic rings. The van der Waals surface area contributed by atoms with Gasteiger partial charge in [0.15, 0.2) is 6.21 Å². The third-order valence-corrected chi connectivity index (χ3v) is 4.03. The summed E-state index contributed by atoms with van der Waals surface area (Å²) >= 11 is 0. The minimum atomic E-state index is 0.499. The van der Waals surface area contributed by atoms with E-state index in [2.05, 4.69) is 10.3 Å². The average molecular weight is 340 g/mol. The molecule has 1 aromatic heterocycles. The van der Waals surface area contributed by atoms with Crippen LogP contribution in [0.1, 0.15) is 5.56 Å². The van der Waals surface area contributed by atoms with Crippen molar-refractivity contribution in [2.45, 2.75) is 0 Å². The van der Waals surface area contributed by atoms with E-state index in [0.29, 0.717) is 11.4 Å². The number of benzene rings is 3. The molecule has 5 nitrogen and oxygen atoms in total. The number of hydrogen-bond donors (Lipinski definition) is 0. The van der Waals surface area contributed by atoms with E-state index in [4.69, 9.17) is 0 Å². The van der Waals surface area contributed by atoms with Crippen molar-refractivity contribution in [2.75, 3.05) is 0 Å². The fraction of sp³-hybridized carbons (Fsp3) is 0. The normalized spacial score (nSPS) is 11.5. The molecule has 0 amide bonds. The second kappa shape index (κ2) is 7.03. The third-order valence-electron chi connectivity index (χ3n) is 4.03. The molecule has 0 fully saturated rings. The van der Waals surface area contributed by atoms with Gasteiger partial charge in [0.1, 0.15) is 5.69 Å². The maximum atomic E-state index is 12.8. The van der Waals surface area contributed by atoms with E-state index in [9.17, 15) is 5.21 Å². The number of nitrogens with zero attached hydrogens (tertiary/aromatic N) is 4. The molecule has 26 heavy (non-hydrogen) atoms. The molecule has 0 radical (unpaired) electrons. The number of rotatable bonds is 4. The summed E-state index contributed by atoms with van der Waals surface area (Å²) < 4.78 is 2.55. The SMILES string of the molecule is [O-]/[N+](=C/c1ccccc1)c1ccccc1-n1nncc1-c1ccccc1. The van der Waals surface area contributed by atoms with Crippen LogP contribution in [0.2, 0.25) is 0 Å². The summed E-state index contributed by atoms with van der Waals surface area (Å²) in [7, 11) is 0. The Balaban J connectivity index is 1.81. The van der Waals surface area contributed by atoms with E-state index in [1.54, 1.807) is 23.2 Å². The summed E-state index contributed by atoms with van der Waals surface area (Å²) in [6, 6.07) is 26.7. The van der Waals surface area contributed by atoms with Gasteiger partial charge in [-0.3, -0.25) is 0 Å². The van der Waals surface area contributed by atoms with Gasteiger partial charge in [0.2, 0.25) is 5.69 Å². The van der Waals surface area contributed by atoms with E-state index in [-0.39, 0.29) is 0 Å². The Morgan fingerprint density at radius 2 is 1.46 bits per heavy atom. The molecule has 0 unspecified atom stereocenters. The van der Waals surface area contributed by atoms with Gasteiger partial charge in [-0.1, -0.05) is 65.9 Å². The van der Waals surface area contributed by atoms with Gasteiger partial charge in [0.05, 0.1) is 11.9 Å². The molecule has 0 spiro atoms. The minimum absolute atomic E-state index is 0.499. The van der Waals surface area contributed by atoms with Crippen molar-refractivity contribution < 1.29 is 4.74 Å². The summed E-state index contributed by atoms with van der Waals surface area (Å²) in [4.78, 5) is 0. The summed E-state index contributed by atoms with van der Waals surface area (Å²) in [6.07, 6.45) is 3.25. The zero-order valence-electron chi connectivity index (χ0n) is 13.9. The zero-order chi connectivity index (χ0) is 17.8. The third kappa shape index (κ3) is 3.10. The van der Waals surface area contributed by atoms with Crippen molar-refractivity contribution in [1.82, 2.24) is 15.0 Å². The highest BCUT2D eigenvalue weighted by molar-refractivity contribution is 5.77. The monoisotopic (exact) mass is 340 g/mol. The Morgan fingerprint density at radius 3 is 2.23 bits per heavy atom. The van der Waals surface area contributed by atoms with Crippen molar-refractivity contribution in [3.8, 4) is 16.9 Å². The Kier molecular flexibility index (Phi) is 4.26. The maximum Gasteiger partial charge on any atom is 0.242 e. The zero-order valence-corrected chi connectivity index (χ0v) is 13.9. The first kappa shape index (κ1) is 15.8. The molecule has 1 heterocycles. The van der Waals surface area contributed by atoms with Gasteiger partial charge in [-0.05, 0) is 18.2 Å². The molecular weight excluding hydrogens is 324 g/mol. The van der Waals surface area contributed by atoms with E-state index in [1.807, 2.05) is 78.9 Å². The van der Waals surface area contributed by atoms with Crippen LogP contribution in [-0.2, 0) is 0 Å². The second-order valence-electron chi connectivity index (χ2n) is 5.75. The molecular formula is C21H16N4O. The Bertz CT molecular complexity index is 1040. The summed E-state index contributed by atoms with van der Waals surface area (Å²) in [6.45, 7) is 0. The van der Waals surface area contributed by atoms with Gasteiger partial charge in [0.25, 0.3) is 0 Å². The van der Waals surface area contributed by atoms with Crippen LogP contribution in [-0.4, -0.2) is 25.9 Å². The number of hydrogen-bond acceptors (Lipinski definition) is 3. The van der Waals surface area contributed by atoms with Crippen LogP contribution in [0.25, 0.3) is 16.9 Å². The summed E-state index contributed by atoms with van der Waals surface area (Å²) in [5.41, 5.74) is 3.81. The molecule has 0 aliphatic carbocycles. The molecule has 0 aliphatic heterocycles. The molecule has 0 bridgehead atoms. The molecule has 5 heteroatoms. The highest BCUT2D eigenvalue weighted by atomic mass is 16.5. The van der Waals surface area contributed by atoms with Gasteiger partial charge in [-0.15, -0.1) is 5.10 Å². The Hall–Kier alpha value is -3.73. The first-order valence-corrected chi connectivity index (χ1v) is 8.25. The van der Waals surface area contributed by atoms with Crippen LogP contribution in [0.15, 0.2) is 91.1 Å². The molecule has 0 atom stereocenters. The van der Waals surface area contributed by atoms with E-state index >= 15 is 0 Å². The maximum absolute atomic E-state index is 12.8. The molecule has 126 valence electrons. The van der Waals surface area contributed by atoms with Crippen LogP contribution in [0, 0.1) is 5.21 Å². The number of para-hydroxylation sites is 2. The predicted molar refractivity (Wildman–Crippen MR) is 102 cm³/mol. The van der Waals surface area contributed by atoms with Gasteiger partial charge < -0.3 is 5.21 Å². The van der Waals surface area contributed by atoms with E-state index in [1.165, 1.54) is 0 Å². The van der Waals surface area contributed by atoms with Crippen molar-refractivity contribution in [3.63, 3.8) is 0 Å². The van der Waals surface area contributed by atoms with Crippen molar-refractivity contribution in [2.24, 2.45) is 0 Å². The largest absolute Gasteiger partial charge is 0.618 e. The van der Waals surface area contributed by atoms with Gasteiger partial charge in [-0.25, -0.2) is 4.68 Å². The van der Waals surface area contributed by atoms with Crippen molar-refractivity contribution >= 4 is 11.9 Å². The first-order chi connectivity index (χ1) is 12.8. The number of aromatic nitrogens is 3. The lowest BCUT2D eigenvalue weighted by Crippen LogP contribution is -2.06. The molecule has 0 N–H and O–H groups in total.